The summed E-state index contributed by atoms with van der Waals surface area (Å²) in [6.45, 7) is 2.37. The number of aliphatic imine (C=N–C) groups is 1. The van der Waals surface area contributed by atoms with Crippen molar-refractivity contribution in [2.24, 2.45) is 16.8 Å². The van der Waals surface area contributed by atoms with E-state index in [1.165, 1.54) is 31.5 Å². The Balaban J connectivity index is 1.74. The Morgan fingerprint density at radius 2 is 2.14 bits per heavy atom. The van der Waals surface area contributed by atoms with Crippen molar-refractivity contribution in [1.82, 2.24) is 5.32 Å². The third kappa shape index (κ3) is 2.27. The first-order valence-electron chi connectivity index (χ1n) is 5.78. The van der Waals surface area contributed by atoms with Crippen LogP contribution in [0.5, 0.6) is 0 Å². The molecule has 0 spiro atoms. The van der Waals surface area contributed by atoms with Gasteiger partial charge in [-0.1, -0.05) is 6.42 Å². The molecule has 80 valence electrons. The van der Waals surface area contributed by atoms with Gasteiger partial charge in [0.25, 0.3) is 0 Å². The van der Waals surface area contributed by atoms with Gasteiger partial charge in [-0.05, 0) is 31.1 Å². The molecule has 1 saturated carbocycles. The lowest BCUT2D eigenvalue weighted by atomic mass is 9.97. The Bertz CT molecular complexity index is 215. The molecule has 2 rings (SSSR count). The quantitative estimate of drug-likeness (QED) is 0.712. The number of aliphatic hydroxyl groups excluding tert-OH is 1. The van der Waals surface area contributed by atoms with Crippen LogP contribution in [-0.2, 0) is 0 Å². The number of amidine groups is 1. The molecular weight excluding hydrogens is 176 g/mol. The molecule has 2 N–H and O–H groups in total. The molecule has 0 radical (unpaired) electrons. The van der Waals surface area contributed by atoms with Crippen LogP contribution in [0.1, 0.15) is 32.1 Å². The van der Waals surface area contributed by atoms with Crippen molar-refractivity contribution in [2.45, 2.75) is 32.1 Å². The molecule has 2 aliphatic rings. The van der Waals surface area contributed by atoms with E-state index >= 15 is 0 Å². The molecule has 1 aliphatic heterocycles. The first-order chi connectivity index (χ1) is 6.90. The highest BCUT2D eigenvalue weighted by molar-refractivity contribution is 5.83. The van der Waals surface area contributed by atoms with Crippen molar-refractivity contribution in [1.29, 1.82) is 0 Å². The minimum absolute atomic E-state index is 0.360. The molecular formula is C11H20N2O. The summed E-state index contributed by atoms with van der Waals surface area (Å²) < 4.78 is 0. The molecule has 1 aliphatic carbocycles. The van der Waals surface area contributed by atoms with Crippen LogP contribution in [-0.4, -0.2) is 30.6 Å². The zero-order chi connectivity index (χ0) is 9.80. The van der Waals surface area contributed by atoms with Gasteiger partial charge in [-0.3, -0.25) is 4.99 Å². The fraction of sp³-hybridized carbons (Fsp3) is 0.909. The zero-order valence-corrected chi connectivity index (χ0v) is 8.71. The minimum Gasteiger partial charge on any atom is -0.396 e. The topological polar surface area (TPSA) is 44.6 Å². The Kier molecular flexibility index (Phi) is 3.40. The average Bonchev–Trinajstić information content (AvgIpc) is 2.85. The van der Waals surface area contributed by atoms with Gasteiger partial charge in [-0.15, -0.1) is 0 Å². The molecule has 0 amide bonds. The number of nitrogens with zero attached hydrogens (tertiary/aromatic N) is 1. The van der Waals surface area contributed by atoms with Gasteiger partial charge in [0, 0.05) is 26.1 Å². The van der Waals surface area contributed by atoms with Gasteiger partial charge in [0.2, 0.25) is 0 Å². The highest BCUT2D eigenvalue weighted by Crippen LogP contribution is 2.30. The van der Waals surface area contributed by atoms with Crippen LogP contribution in [0.2, 0.25) is 0 Å². The molecule has 14 heavy (non-hydrogen) atoms. The van der Waals surface area contributed by atoms with Crippen LogP contribution in [0, 0.1) is 11.8 Å². The molecule has 3 nitrogen and oxygen atoms in total. The van der Waals surface area contributed by atoms with Gasteiger partial charge < -0.3 is 10.4 Å². The van der Waals surface area contributed by atoms with E-state index < -0.39 is 0 Å². The predicted octanol–water partition coefficient (Wildman–Crippen LogP) is 1.18. The number of aliphatic hydroxyl groups is 1. The average molecular weight is 196 g/mol. The van der Waals surface area contributed by atoms with Crippen molar-refractivity contribution in [3.05, 3.63) is 0 Å². The van der Waals surface area contributed by atoms with E-state index in [0.717, 1.165) is 19.5 Å². The maximum Gasteiger partial charge on any atom is 0.0963 e. The Morgan fingerprint density at radius 3 is 2.86 bits per heavy atom. The third-order valence-electron chi connectivity index (χ3n) is 3.49. The van der Waals surface area contributed by atoms with Crippen molar-refractivity contribution >= 4 is 5.84 Å². The molecule has 2 unspecified atom stereocenters. The molecule has 3 heteroatoms. The normalized spacial score (nSPS) is 31.9. The second-order valence-electron chi connectivity index (χ2n) is 4.45. The van der Waals surface area contributed by atoms with E-state index in [-0.39, 0.29) is 0 Å². The van der Waals surface area contributed by atoms with Crippen LogP contribution in [0.3, 0.4) is 0 Å². The van der Waals surface area contributed by atoms with Crippen LogP contribution in [0.15, 0.2) is 4.99 Å². The molecule has 1 heterocycles. The lowest BCUT2D eigenvalue weighted by molar-refractivity contribution is 0.195. The summed E-state index contributed by atoms with van der Waals surface area (Å²) in [6, 6.07) is 0. The molecule has 0 aromatic heterocycles. The number of hydrogen-bond acceptors (Lipinski definition) is 3. The standard InChI is InChI=1S/C11H20N2O/c14-8-10-4-1-3-9(10)7-13-11-5-2-6-12-11/h9-10,14H,1-8H2,(H,12,13). The molecule has 2 atom stereocenters. The smallest absolute Gasteiger partial charge is 0.0963 e. The zero-order valence-electron chi connectivity index (χ0n) is 8.71. The maximum absolute atomic E-state index is 9.17. The first-order valence-corrected chi connectivity index (χ1v) is 5.78. The number of rotatable bonds is 3. The Labute approximate surface area is 85.6 Å². The van der Waals surface area contributed by atoms with Gasteiger partial charge in [0.05, 0.1) is 5.84 Å². The molecule has 0 bridgehead atoms. The van der Waals surface area contributed by atoms with E-state index in [0.29, 0.717) is 18.4 Å². The summed E-state index contributed by atoms with van der Waals surface area (Å²) in [5.41, 5.74) is 0. The number of hydrogen-bond donors (Lipinski definition) is 2. The maximum atomic E-state index is 9.17. The van der Waals surface area contributed by atoms with Crippen LogP contribution in [0.25, 0.3) is 0 Å². The van der Waals surface area contributed by atoms with Gasteiger partial charge >= 0.3 is 0 Å². The summed E-state index contributed by atoms with van der Waals surface area (Å²) in [7, 11) is 0. The highest BCUT2D eigenvalue weighted by Gasteiger charge is 2.26. The van der Waals surface area contributed by atoms with Crippen LogP contribution >= 0.6 is 0 Å². The van der Waals surface area contributed by atoms with E-state index in [1.807, 2.05) is 0 Å². The summed E-state index contributed by atoms with van der Waals surface area (Å²) >= 11 is 0. The van der Waals surface area contributed by atoms with E-state index in [2.05, 4.69) is 10.3 Å². The second kappa shape index (κ2) is 4.78. The van der Waals surface area contributed by atoms with Gasteiger partial charge in [0.15, 0.2) is 0 Å². The fourth-order valence-corrected chi connectivity index (χ4v) is 2.56. The molecule has 0 aromatic carbocycles. The number of nitrogens with one attached hydrogen (secondary N) is 1. The van der Waals surface area contributed by atoms with E-state index in [1.54, 1.807) is 0 Å². The summed E-state index contributed by atoms with van der Waals surface area (Å²) in [6.07, 6.45) is 6.08. The van der Waals surface area contributed by atoms with Crippen molar-refractivity contribution in [2.75, 3.05) is 19.7 Å². The van der Waals surface area contributed by atoms with E-state index in [4.69, 9.17) is 0 Å². The van der Waals surface area contributed by atoms with E-state index in [9.17, 15) is 5.11 Å². The molecule has 1 fully saturated rings. The third-order valence-corrected chi connectivity index (χ3v) is 3.49. The summed E-state index contributed by atoms with van der Waals surface area (Å²) in [4.78, 5) is 4.39. The highest BCUT2D eigenvalue weighted by atomic mass is 16.3. The Morgan fingerprint density at radius 1 is 1.29 bits per heavy atom. The Hall–Kier alpha value is -0.570. The van der Waals surface area contributed by atoms with Crippen molar-refractivity contribution < 1.29 is 5.11 Å². The predicted molar refractivity (Wildman–Crippen MR) is 57.5 cm³/mol. The van der Waals surface area contributed by atoms with Crippen molar-refractivity contribution in [3.8, 4) is 0 Å². The largest absolute Gasteiger partial charge is 0.396 e. The first kappa shape index (κ1) is 9.97. The second-order valence-corrected chi connectivity index (χ2v) is 4.45. The van der Waals surface area contributed by atoms with Gasteiger partial charge in [-0.25, -0.2) is 0 Å². The summed E-state index contributed by atoms with van der Waals surface area (Å²) in [5.74, 6) is 2.39. The van der Waals surface area contributed by atoms with Gasteiger partial charge in [-0.2, -0.15) is 0 Å². The monoisotopic (exact) mass is 196 g/mol. The summed E-state index contributed by atoms with van der Waals surface area (Å²) in [5, 5.41) is 12.6. The molecule has 0 aromatic rings. The van der Waals surface area contributed by atoms with Gasteiger partial charge in [0.1, 0.15) is 0 Å². The lowest BCUT2D eigenvalue weighted by Gasteiger charge is -2.18. The SMILES string of the molecule is OCC1CCCC1CNC1=NCCC1. The molecule has 0 saturated heterocycles. The van der Waals surface area contributed by atoms with Crippen LogP contribution in [0.4, 0.5) is 0 Å². The minimum atomic E-state index is 0.360. The van der Waals surface area contributed by atoms with Crippen molar-refractivity contribution in [3.63, 3.8) is 0 Å². The lowest BCUT2D eigenvalue weighted by Crippen LogP contribution is -2.30. The fourth-order valence-electron chi connectivity index (χ4n) is 2.56. The van der Waals surface area contributed by atoms with Crippen LogP contribution < -0.4 is 5.32 Å².